The topological polar surface area (TPSA) is 88.5 Å². The first-order chi connectivity index (χ1) is 15.5. The summed E-state index contributed by atoms with van der Waals surface area (Å²) in [7, 11) is 0. The average molecular weight is 500 g/mol. The molecule has 8 nitrogen and oxygen atoms in total. The lowest BCUT2D eigenvalue weighted by Gasteiger charge is -2.16. The van der Waals surface area contributed by atoms with Crippen LogP contribution in [0.15, 0.2) is 47.1 Å². The molecule has 1 fully saturated rings. The van der Waals surface area contributed by atoms with Crippen molar-refractivity contribution in [2.75, 3.05) is 30.3 Å². The molecule has 3 aromatic rings. The highest BCUT2D eigenvalue weighted by molar-refractivity contribution is 9.10. The van der Waals surface area contributed by atoms with Gasteiger partial charge in [-0.2, -0.15) is 0 Å². The molecule has 4 rings (SSSR count). The quantitative estimate of drug-likeness (QED) is 0.512. The Morgan fingerprint density at radius 2 is 2.06 bits per heavy atom. The fourth-order valence-electron chi connectivity index (χ4n) is 3.99. The summed E-state index contributed by atoms with van der Waals surface area (Å²) in [5.74, 6) is 0.522. The van der Waals surface area contributed by atoms with Crippen LogP contribution in [0.5, 0.6) is 0 Å². The molecule has 0 bridgehead atoms. The Morgan fingerprint density at radius 1 is 1.22 bits per heavy atom. The van der Waals surface area contributed by atoms with E-state index < -0.39 is 0 Å². The molecule has 9 heteroatoms. The molecule has 0 saturated carbocycles. The molecule has 1 aliphatic rings. The van der Waals surface area contributed by atoms with Crippen molar-refractivity contribution in [1.29, 1.82) is 0 Å². The zero-order chi connectivity index (χ0) is 22.7. The number of aryl methyl sites for hydroxylation is 1. The number of aromatic nitrogens is 2. The number of amides is 2. The van der Waals surface area contributed by atoms with E-state index in [-0.39, 0.29) is 18.0 Å². The molecule has 0 aliphatic carbocycles. The Hall–Kier alpha value is -3.07. The summed E-state index contributed by atoms with van der Waals surface area (Å²) in [5.41, 5.74) is 2.24. The van der Waals surface area contributed by atoms with Crippen molar-refractivity contribution in [2.24, 2.45) is 0 Å². The van der Waals surface area contributed by atoms with E-state index in [1.807, 2.05) is 47.9 Å². The van der Waals surface area contributed by atoms with Gasteiger partial charge in [0.05, 0.1) is 18.5 Å². The largest absolute Gasteiger partial charge is 0.450 e. The van der Waals surface area contributed by atoms with Gasteiger partial charge in [-0.05, 0) is 56.7 Å². The Morgan fingerprint density at radius 3 is 2.78 bits per heavy atom. The number of carbonyl (C=O) groups is 2. The number of fused-ring (bicyclic) bond motifs is 1. The second-order valence-electron chi connectivity index (χ2n) is 7.64. The number of rotatable bonds is 6. The van der Waals surface area contributed by atoms with Gasteiger partial charge in [-0.15, -0.1) is 0 Å². The van der Waals surface area contributed by atoms with Gasteiger partial charge < -0.3 is 24.8 Å². The number of hydrogen-bond acceptors (Lipinski definition) is 5. The first-order valence-electron chi connectivity index (χ1n) is 10.7. The molecule has 0 radical (unpaired) electrons. The van der Waals surface area contributed by atoms with E-state index in [4.69, 9.17) is 4.74 Å². The molecule has 1 atom stereocenters. The number of likely N-dealkylation sites (tertiary alicyclic amines) is 1. The average Bonchev–Trinajstić information content (AvgIpc) is 3.39. The second-order valence-corrected chi connectivity index (χ2v) is 8.55. The fraction of sp³-hybridized carbons (Fsp3) is 0.348. The zero-order valence-corrected chi connectivity index (χ0v) is 19.7. The van der Waals surface area contributed by atoms with Crippen LogP contribution in [0, 0.1) is 0 Å². The SMILES string of the molecule is CCOC(=O)N1CC[C@H](Nc2ccc(NC(=O)c3cc4cc(Br)ccc4n3CC)cn2)C1. The number of pyridine rings is 1. The molecule has 168 valence electrons. The second kappa shape index (κ2) is 9.60. The van der Waals surface area contributed by atoms with Crippen molar-refractivity contribution in [1.82, 2.24) is 14.5 Å². The number of halogens is 1. The molecule has 2 amide bonds. The van der Waals surface area contributed by atoms with Gasteiger partial charge in [-0.1, -0.05) is 15.9 Å². The van der Waals surface area contributed by atoms with Gasteiger partial charge in [0.25, 0.3) is 5.91 Å². The van der Waals surface area contributed by atoms with Crippen LogP contribution in [0.2, 0.25) is 0 Å². The number of benzene rings is 1. The van der Waals surface area contributed by atoms with Gasteiger partial charge >= 0.3 is 6.09 Å². The smallest absolute Gasteiger partial charge is 0.409 e. The van der Waals surface area contributed by atoms with E-state index in [1.54, 1.807) is 18.0 Å². The van der Waals surface area contributed by atoms with Crippen LogP contribution in [0.3, 0.4) is 0 Å². The van der Waals surface area contributed by atoms with Gasteiger partial charge in [0.2, 0.25) is 0 Å². The highest BCUT2D eigenvalue weighted by atomic mass is 79.9. The van der Waals surface area contributed by atoms with Gasteiger partial charge in [0.1, 0.15) is 11.5 Å². The third-order valence-electron chi connectivity index (χ3n) is 5.50. The van der Waals surface area contributed by atoms with Crippen molar-refractivity contribution in [2.45, 2.75) is 32.9 Å². The van der Waals surface area contributed by atoms with Crippen LogP contribution >= 0.6 is 15.9 Å². The molecule has 1 aliphatic heterocycles. The Balaban J connectivity index is 1.39. The Kier molecular flexibility index (Phi) is 6.64. The van der Waals surface area contributed by atoms with E-state index >= 15 is 0 Å². The fourth-order valence-corrected chi connectivity index (χ4v) is 4.37. The first kappa shape index (κ1) is 22.1. The zero-order valence-electron chi connectivity index (χ0n) is 18.1. The lowest BCUT2D eigenvalue weighted by molar-refractivity contribution is 0.101. The number of nitrogens with one attached hydrogen (secondary N) is 2. The van der Waals surface area contributed by atoms with Crippen LogP contribution in [-0.4, -0.2) is 52.2 Å². The van der Waals surface area contributed by atoms with E-state index in [1.165, 1.54) is 0 Å². The Bertz CT molecular complexity index is 1130. The lowest BCUT2D eigenvalue weighted by Crippen LogP contribution is -2.32. The number of anilines is 2. The molecule has 1 saturated heterocycles. The maximum Gasteiger partial charge on any atom is 0.409 e. The Labute approximate surface area is 195 Å². The minimum Gasteiger partial charge on any atom is -0.450 e. The van der Waals surface area contributed by atoms with E-state index in [0.717, 1.165) is 21.8 Å². The van der Waals surface area contributed by atoms with E-state index in [2.05, 4.69) is 31.5 Å². The molecule has 0 spiro atoms. The summed E-state index contributed by atoms with van der Waals surface area (Å²) in [6.07, 6.45) is 2.18. The van der Waals surface area contributed by atoms with Crippen LogP contribution in [0.1, 0.15) is 30.8 Å². The summed E-state index contributed by atoms with van der Waals surface area (Å²) >= 11 is 3.48. The van der Waals surface area contributed by atoms with Crippen LogP contribution < -0.4 is 10.6 Å². The first-order valence-corrected chi connectivity index (χ1v) is 11.5. The van der Waals surface area contributed by atoms with Crippen LogP contribution in [0.4, 0.5) is 16.3 Å². The third kappa shape index (κ3) is 4.72. The van der Waals surface area contributed by atoms with Crippen LogP contribution in [0.25, 0.3) is 10.9 Å². The number of ether oxygens (including phenoxy) is 1. The van der Waals surface area contributed by atoms with Gasteiger partial charge in [-0.25, -0.2) is 9.78 Å². The van der Waals surface area contributed by atoms with Crippen LogP contribution in [-0.2, 0) is 11.3 Å². The third-order valence-corrected chi connectivity index (χ3v) is 5.99. The minimum atomic E-state index is -0.278. The van der Waals surface area contributed by atoms with E-state index in [0.29, 0.717) is 43.4 Å². The van der Waals surface area contributed by atoms with Crippen molar-refractivity contribution in [3.05, 3.63) is 52.8 Å². The van der Waals surface area contributed by atoms with E-state index in [9.17, 15) is 9.59 Å². The highest BCUT2D eigenvalue weighted by Crippen LogP contribution is 2.25. The number of carbonyl (C=O) groups excluding carboxylic acids is 2. The molecule has 2 aromatic heterocycles. The molecule has 2 N–H and O–H groups in total. The summed E-state index contributed by atoms with van der Waals surface area (Å²) in [6.45, 7) is 6.13. The summed E-state index contributed by atoms with van der Waals surface area (Å²) in [4.78, 5) is 30.9. The monoisotopic (exact) mass is 499 g/mol. The van der Waals surface area contributed by atoms with Gasteiger partial charge in [-0.3, -0.25) is 4.79 Å². The summed E-state index contributed by atoms with van der Waals surface area (Å²) in [6, 6.07) is 11.7. The summed E-state index contributed by atoms with van der Waals surface area (Å²) < 4.78 is 8.03. The van der Waals surface area contributed by atoms with Crippen molar-refractivity contribution in [3.8, 4) is 0 Å². The number of hydrogen-bond donors (Lipinski definition) is 2. The minimum absolute atomic E-state index is 0.118. The van der Waals surface area contributed by atoms with Gasteiger partial charge in [0.15, 0.2) is 0 Å². The van der Waals surface area contributed by atoms with Gasteiger partial charge in [0, 0.05) is 41.1 Å². The standard InChI is InChI=1S/C23H26BrN5O3/c1-3-29-19-7-5-16(24)11-15(19)12-20(29)22(30)27-17-6-8-21(25-13-17)26-18-9-10-28(14-18)23(31)32-4-2/h5-8,11-13,18H,3-4,9-10,14H2,1-2H3,(H,25,26)(H,27,30)/t18-/m0/s1. The van der Waals surface area contributed by atoms with Crippen molar-refractivity contribution in [3.63, 3.8) is 0 Å². The lowest BCUT2D eigenvalue weighted by atomic mass is 10.2. The molecular formula is C23H26BrN5O3. The molecule has 0 unspecified atom stereocenters. The number of nitrogens with zero attached hydrogens (tertiary/aromatic N) is 3. The molecule has 32 heavy (non-hydrogen) atoms. The molecule has 1 aromatic carbocycles. The predicted molar refractivity (Wildman–Crippen MR) is 128 cm³/mol. The molecule has 3 heterocycles. The maximum atomic E-state index is 12.9. The highest BCUT2D eigenvalue weighted by Gasteiger charge is 2.27. The normalized spacial score (nSPS) is 15.7. The predicted octanol–water partition coefficient (Wildman–Crippen LogP) is 4.71. The molecular weight excluding hydrogens is 474 g/mol. The maximum absolute atomic E-state index is 12.9. The van der Waals surface area contributed by atoms with Crippen molar-refractivity contribution < 1.29 is 14.3 Å². The summed E-state index contributed by atoms with van der Waals surface area (Å²) in [5, 5.41) is 7.29. The van der Waals surface area contributed by atoms with Crippen molar-refractivity contribution >= 4 is 50.3 Å².